The van der Waals surface area contributed by atoms with Crippen molar-refractivity contribution in [1.29, 1.82) is 0 Å². The number of rotatable bonds is 5. The number of nitrogens with zero attached hydrogens (tertiary/aromatic N) is 2. The zero-order chi connectivity index (χ0) is 19.0. The molecule has 140 valence electrons. The number of amides is 1. The first-order valence-electron chi connectivity index (χ1n) is 8.78. The summed E-state index contributed by atoms with van der Waals surface area (Å²) in [5.41, 5.74) is 1.90. The Morgan fingerprint density at radius 3 is 2.41 bits per heavy atom. The van der Waals surface area contributed by atoms with Gasteiger partial charge in [0, 0.05) is 5.75 Å². The van der Waals surface area contributed by atoms with E-state index in [1.165, 1.54) is 0 Å². The topological polar surface area (TPSA) is 42.0 Å². The molecule has 0 radical (unpaired) electrons. The molecule has 2 atom stereocenters. The zero-order valence-electron chi connectivity index (χ0n) is 15.1. The predicted molar refractivity (Wildman–Crippen MR) is 112 cm³/mol. The zero-order valence-corrected chi connectivity index (χ0v) is 16.8. The van der Waals surface area contributed by atoms with Gasteiger partial charge in [0.25, 0.3) is 5.91 Å². The second kappa shape index (κ2) is 7.40. The third-order valence-corrected chi connectivity index (χ3v) is 6.44. The Balaban J connectivity index is 1.59. The molecule has 7 heteroatoms. The fourth-order valence-electron chi connectivity index (χ4n) is 3.41. The summed E-state index contributed by atoms with van der Waals surface area (Å²) < 4.78 is 10.7. The van der Waals surface area contributed by atoms with Crippen LogP contribution in [-0.4, -0.2) is 41.4 Å². The predicted octanol–water partition coefficient (Wildman–Crippen LogP) is 3.84. The number of ether oxygens (including phenoxy) is 2. The summed E-state index contributed by atoms with van der Waals surface area (Å²) in [6.45, 7) is 2.61. The Morgan fingerprint density at radius 2 is 1.78 bits per heavy atom. The Kier molecular flexibility index (Phi) is 4.97. The van der Waals surface area contributed by atoms with Crippen molar-refractivity contribution in [3.05, 3.63) is 54.1 Å². The normalized spacial score (nSPS) is 21.6. The highest BCUT2D eigenvalue weighted by molar-refractivity contribution is 7.99. The molecular formula is C20H20N2O3S2. The molecule has 0 aromatic heterocycles. The van der Waals surface area contributed by atoms with Gasteiger partial charge in [0.2, 0.25) is 0 Å². The number of carbonyl (C=O) groups excluding carboxylic acids is 1. The molecule has 0 N–H and O–H groups in total. The monoisotopic (exact) mass is 400 g/mol. The number of benzene rings is 2. The van der Waals surface area contributed by atoms with Gasteiger partial charge in [-0.15, -0.1) is 11.8 Å². The van der Waals surface area contributed by atoms with E-state index in [-0.39, 0.29) is 17.3 Å². The number of anilines is 1. The largest absolute Gasteiger partial charge is 0.497 e. The molecule has 2 aromatic carbocycles. The standard InChI is InChI=1S/C20H20N2O3S2/c1-3-25-16-8-4-13(5-9-16)19-22-17(12-27-19)18(23)21(20(22)26)14-6-10-15(24-2)11-7-14/h4-11,17,19H,3,12H2,1-2H3. The summed E-state index contributed by atoms with van der Waals surface area (Å²) >= 11 is 7.45. The Bertz CT molecular complexity index is 855. The molecule has 2 heterocycles. The van der Waals surface area contributed by atoms with Crippen LogP contribution in [-0.2, 0) is 4.79 Å². The van der Waals surface area contributed by atoms with Crippen LogP contribution >= 0.6 is 24.0 Å². The first kappa shape index (κ1) is 18.1. The molecule has 0 bridgehead atoms. The van der Waals surface area contributed by atoms with Crippen molar-refractivity contribution in [1.82, 2.24) is 4.90 Å². The second-order valence-corrected chi connectivity index (χ2v) is 7.74. The van der Waals surface area contributed by atoms with E-state index in [2.05, 4.69) is 4.90 Å². The first-order valence-corrected chi connectivity index (χ1v) is 10.2. The van der Waals surface area contributed by atoms with Gasteiger partial charge in [-0.1, -0.05) is 12.1 Å². The lowest BCUT2D eigenvalue weighted by Crippen LogP contribution is -2.33. The number of hydrogen-bond donors (Lipinski definition) is 0. The summed E-state index contributed by atoms with van der Waals surface area (Å²) in [5, 5.41) is 0.587. The molecule has 2 unspecified atom stereocenters. The SMILES string of the molecule is CCOc1ccc(C2SCC3C(=O)N(c4ccc(OC)cc4)C(=S)N32)cc1. The van der Waals surface area contributed by atoms with Gasteiger partial charge in [-0.05, 0) is 61.1 Å². The van der Waals surface area contributed by atoms with Gasteiger partial charge >= 0.3 is 0 Å². The Hall–Kier alpha value is -2.25. The van der Waals surface area contributed by atoms with Crippen LogP contribution in [0.4, 0.5) is 5.69 Å². The summed E-state index contributed by atoms with van der Waals surface area (Å²) in [4.78, 5) is 16.7. The Morgan fingerprint density at radius 1 is 1.11 bits per heavy atom. The van der Waals surface area contributed by atoms with Crippen molar-refractivity contribution >= 4 is 40.7 Å². The highest BCUT2D eigenvalue weighted by atomic mass is 32.2. The smallest absolute Gasteiger partial charge is 0.257 e. The van der Waals surface area contributed by atoms with Crippen LogP contribution in [0.15, 0.2) is 48.5 Å². The van der Waals surface area contributed by atoms with Gasteiger partial charge in [-0.25, -0.2) is 0 Å². The number of thiocarbonyl (C=S) groups is 1. The molecular weight excluding hydrogens is 380 g/mol. The number of methoxy groups -OCH3 is 1. The maximum atomic E-state index is 13.0. The second-order valence-electron chi connectivity index (χ2n) is 6.27. The summed E-state index contributed by atoms with van der Waals surface area (Å²) in [7, 11) is 1.62. The van der Waals surface area contributed by atoms with Crippen molar-refractivity contribution < 1.29 is 14.3 Å². The molecule has 2 aliphatic heterocycles. The third kappa shape index (κ3) is 3.15. The lowest BCUT2D eigenvalue weighted by Gasteiger charge is -2.25. The number of thioether (sulfide) groups is 1. The average molecular weight is 401 g/mol. The Labute approximate surface area is 168 Å². The molecule has 1 amide bonds. The molecule has 0 spiro atoms. The minimum Gasteiger partial charge on any atom is -0.497 e. The van der Waals surface area contributed by atoms with E-state index in [4.69, 9.17) is 21.7 Å². The van der Waals surface area contributed by atoms with Crippen molar-refractivity contribution in [2.24, 2.45) is 0 Å². The van der Waals surface area contributed by atoms with E-state index in [0.29, 0.717) is 11.7 Å². The molecule has 0 aliphatic carbocycles. The van der Waals surface area contributed by atoms with Gasteiger partial charge in [-0.2, -0.15) is 0 Å². The van der Waals surface area contributed by atoms with E-state index in [0.717, 1.165) is 28.5 Å². The molecule has 2 fully saturated rings. The van der Waals surface area contributed by atoms with Crippen LogP contribution in [0.3, 0.4) is 0 Å². The van der Waals surface area contributed by atoms with Gasteiger partial charge in [0.05, 0.1) is 19.4 Å². The van der Waals surface area contributed by atoms with E-state index in [1.807, 2.05) is 55.5 Å². The fourth-order valence-corrected chi connectivity index (χ4v) is 5.33. The van der Waals surface area contributed by atoms with Gasteiger partial charge in [0.15, 0.2) is 5.11 Å². The minimum atomic E-state index is -0.221. The highest BCUT2D eigenvalue weighted by Crippen LogP contribution is 2.46. The van der Waals surface area contributed by atoms with Crippen molar-refractivity contribution in [2.75, 3.05) is 24.4 Å². The van der Waals surface area contributed by atoms with Crippen molar-refractivity contribution in [3.8, 4) is 11.5 Å². The number of hydrogen-bond acceptors (Lipinski definition) is 5. The van der Waals surface area contributed by atoms with Gasteiger partial charge < -0.3 is 14.4 Å². The summed E-state index contributed by atoms with van der Waals surface area (Å²) in [6.07, 6.45) is 0. The maximum absolute atomic E-state index is 13.0. The lowest BCUT2D eigenvalue weighted by molar-refractivity contribution is -0.119. The average Bonchev–Trinajstić information content (AvgIpc) is 3.23. The van der Waals surface area contributed by atoms with Crippen LogP contribution in [0, 0.1) is 0 Å². The molecule has 2 aromatic rings. The third-order valence-electron chi connectivity index (χ3n) is 4.72. The fraction of sp³-hybridized carbons (Fsp3) is 0.300. The number of carbonyl (C=O) groups is 1. The maximum Gasteiger partial charge on any atom is 0.257 e. The van der Waals surface area contributed by atoms with Crippen LogP contribution in [0.1, 0.15) is 17.9 Å². The minimum absolute atomic E-state index is 0.0328. The van der Waals surface area contributed by atoms with Crippen molar-refractivity contribution in [2.45, 2.75) is 18.3 Å². The molecule has 4 rings (SSSR count). The molecule has 0 saturated carbocycles. The molecule has 2 aliphatic rings. The highest BCUT2D eigenvalue weighted by Gasteiger charge is 2.50. The quantitative estimate of drug-likeness (QED) is 0.711. The molecule has 5 nitrogen and oxygen atoms in total. The van der Waals surface area contributed by atoms with E-state index < -0.39 is 0 Å². The summed E-state index contributed by atoms with van der Waals surface area (Å²) in [5.74, 6) is 2.36. The van der Waals surface area contributed by atoms with Crippen LogP contribution in [0.2, 0.25) is 0 Å². The van der Waals surface area contributed by atoms with E-state index >= 15 is 0 Å². The van der Waals surface area contributed by atoms with E-state index in [9.17, 15) is 4.79 Å². The van der Waals surface area contributed by atoms with E-state index in [1.54, 1.807) is 23.8 Å². The molecule has 27 heavy (non-hydrogen) atoms. The van der Waals surface area contributed by atoms with Crippen molar-refractivity contribution in [3.63, 3.8) is 0 Å². The van der Waals surface area contributed by atoms with Gasteiger partial charge in [0.1, 0.15) is 22.9 Å². The number of fused-ring (bicyclic) bond motifs is 1. The first-order chi connectivity index (χ1) is 13.1. The van der Waals surface area contributed by atoms with Gasteiger partial charge in [-0.3, -0.25) is 9.69 Å². The van der Waals surface area contributed by atoms with Crippen LogP contribution < -0.4 is 14.4 Å². The lowest BCUT2D eigenvalue weighted by atomic mass is 10.2. The van der Waals surface area contributed by atoms with Crippen LogP contribution in [0.25, 0.3) is 0 Å². The summed E-state index contributed by atoms with van der Waals surface area (Å²) in [6, 6.07) is 15.2. The van der Waals surface area contributed by atoms with Crippen LogP contribution in [0.5, 0.6) is 11.5 Å². The molecule has 2 saturated heterocycles.